The standard InChI is InChI=1S/C19H25N3O2S/c1-14(23)20-19-21-17(13-25-19)12-22-10-8-16(9-11-22)3-2-15-4-6-18(24)7-5-15/h4-7,13,16,24H,2-3,8-12H2,1H3,(H,20,21,23). The van der Waals surface area contributed by atoms with Crippen LogP contribution in [0.25, 0.3) is 0 Å². The number of aromatic hydroxyl groups is 1. The lowest BCUT2D eigenvalue weighted by atomic mass is 9.90. The molecule has 0 saturated carbocycles. The lowest BCUT2D eigenvalue weighted by Crippen LogP contribution is -2.33. The highest BCUT2D eigenvalue weighted by Gasteiger charge is 2.20. The Hall–Kier alpha value is -1.92. The van der Waals surface area contributed by atoms with Crippen LogP contribution in [0.4, 0.5) is 5.13 Å². The molecule has 1 aromatic heterocycles. The molecule has 1 saturated heterocycles. The van der Waals surface area contributed by atoms with E-state index in [-0.39, 0.29) is 5.91 Å². The third kappa shape index (κ3) is 5.54. The van der Waals surface area contributed by atoms with Gasteiger partial charge in [0.25, 0.3) is 0 Å². The van der Waals surface area contributed by atoms with Gasteiger partial charge < -0.3 is 10.4 Å². The highest BCUT2D eigenvalue weighted by atomic mass is 32.1. The van der Waals surface area contributed by atoms with Crippen LogP contribution in [-0.2, 0) is 17.8 Å². The molecule has 1 aromatic carbocycles. The van der Waals surface area contributed by atoms with Gasteiger partial charge in [-0.2, -0.15) is 0 Å². The van der Waals surface area contributed by atoms with E-state index in [0.29, 0.717) is 10.9 Å². The largest absolute Gasteiger partial charge is 0.508 e. The van der Waals surface area contributed by atoms with Gasteiger partial charge in [0.15, 0.2) is 5.13 Å². The Labute approximate surface area is 152 Å². The molecule has 6 heteroatoms. The number of carbonyl (C=O) groups is 1. The number of nitrogens with one attached hydrogen (secondary N) is 1. The van der Waals surface area contributed by atoms with Crippen LogP contribution in [0.2, 0.25) is 0 Å². The number of carbonyl (C=O) groups excluding carboxylic acids is 1. The number of hydrogen-bond acceptors (Lipinski definition) is 5. The third-order valence-electron chi connectivity index (χ3n) is 4.71. The van der Waals surface area contributed by atoms with Crippen LogP contribution in [-0.4, -0.2) is 34.0 Å². The average molecular weight is 359 g/mol. The van der Waals surface area contributed by atoms with E-state index in [9.17, 15) is 9.90 Å². The number of amides is 1. The summed E-state index contributed by atoms with van der Waals surface area (Å²) in [6.45, 7) is 4.57. The highest BCUT2D eigenvalue weighted by Crippen LogP contribution is 2.25. The molecule has 1 aliphatic heterocycles. The van der Waals surface area contributed by atoms with Gasteiger partial charge in [-0.15, -0.1) is 11.3 Å². The first-order valence-corrected chi connectivity index (χ1v) is 9.69. The summed E-state index contributed by atoms with van der Waals surface area (Å²) in [6.07, 6.45) is 4.74. The van der Waals surface area contributed by atoms with Gasteiger partial charge in [-0.25, -0.2) is 4.98 Å². The zero-order valence-electron chi connectivity index (χ0n) is 14.6. The Balaban J connectivity index is 1.40. The first-order valence-electron chi connectivity index (χ1n) is 8.81. The number of phenols is 1. The number of thiazole rings is 1. The molecule has 1 amide bonds. The molecule has 0 unspecified atom stereocenters. The predicted octanol–water partition coefficient (Wildman–Crippen LogP) is 3.65. The van der Waals surface area contributed by atoms with Crippen molar-refractivity contribution in [2.75, 3.05) is 18.4 Å². The Morgan fingerprint density at radius 2 is 2.04 bits per heavy atom. The fraction of sp³-hybridized carbons (Fsp3) is 0.474. The summed E-state index contributed by atoms with van der Waals surface area (Å²) in [5, 5.41) is 14.8. The molecule has 0 atom stereocenters. The molecule has 134 valence electrons. The van der Waals surface area contributed by atoms with Crippen molar-refractivity contribution in [3.8, 4) is 5.75 Å². The van der Waals surface area contributed by atoms with Gasteiger partial charge in [-0.3, -0.25) is 9.69 Å². The van der Waals surface area contributed by atoms with Crippen LogP contribution < -0.4 is 5.32 Å². The van der Waals surface area contributed by atoms with Crippen molar-refractivity contribution in [3.05, 3.63) is 40.9 Å². The second-order valence-corrected chi connectivity index (χ2v) is 7.61. The molecular weight excluding hydrogens is 334 g/mol. The number of aryl methyl sites for hydroxylation is 1. The van der Waals surface area contributed by atoms with Crippen molar-refractivity contribution in [1.29, 1.82) is 0 Å². The molecular formula is C19H25N3O2S. The lowest BCUT2D eigenvalue weighted by Gasteiger charge is -2.31. The Kier molecular flexibility index (Phi) is 6.04. The van der Waals surface area contributed by atoms with Crippen LogP contribution in [0.5, 0.6) is 5.75 Å². The topological polar surface area (TPSA) is 65.5 Å². The van der Waals surface area contributed by atoms with E-state index in [4.69, 9.17) is 0 Å². The number of likely N-dealkylation sites (tertiary alicyclic amines) is 1. The maximum atomic E-state index is 11.1. The molecule has 5 nitrogen and oxygen atoms in total. The van der Waals surface area contributed by atoms with Crippen molar-refractivity contribution in [1.82, 2.24) is 9.88 Å². The zero-order chi connectivity index (χ0) is 17.6. The molecule has 0 spiro atoms. The third-order valence-corrected chi connectivity index (χ3v) is 5.51. The minimum absolute atomic E-state index is 0.0738. The number of piperidine rings is 1. The lowest BCUT2D eigenvalue weighted by molar-refractivity contribution is -0.114. The smallest absolute Gasteiger partial charge is 0.223 e. The number of hydrogen-bond donors (Lipinski definition) is 2. The summed E-state index contributed by atoms with van der Waals surface area (Å²) in [5.41, 5.74) is 2.34. The molecule has 2 aromatic rings. The van der Waals surface area contributed by atoms with Gasteiger partial charge in [0.2, 0.25) is 5.91 Å². The Morgan fingerprint density at radius 3 is 2.72 bits per heavy atom. The molecule has 2 N–H and O–H groups in total. The Morgan fingerprint density at radius 1 is 1.32 bits per heavy atom. The maximum absolute atomic E-state index is 11.1. The monoisotopic (exact) mass is 359 g/mol. The first kappa shape index (κ1) is 17.9. The number of benzene rings is 1. The van der Waals surface area contributed by atoms with Crippen molar-refractivity contribution in [3.63, 3.8) is 0 Å². The fourth-order valence-corrected chi connectivity index (χ4v) is 4.03. The van der Waals surface area contributed by atoms with Gasteiger partial charge in [0.05, 0.1) is 5.69 Å². The normalized spacial score (nSPS) is 16.0. The summed E-state index contributed by atoms with van der Waals surface area (Å²) < 4.78 is 0. The number of anilines is 1. The maximum Gasteiger partial charge on any atom is 0.223 e. The van der Waals surface area contributed by atoms with Crippen molar-refractivity contribution >= 4 is 22.4 Å². The SMILES string of the molecule is CC(=O)Nc1nc(CN2CCC(CCc3ccc(O)cc3)CC2)cs1. The molecule has 0 bridgehead atoms. The number of nitrogens with zero attached hydrogens (tertiary/aromatic N) is 2. The van der Waals surface area contributed by atoms with Crippen LogP contribution in [0, 0.1) is 5.92 Å². The fourth-order valence-electron chi connectivity index (χ4n) is 3.28. The summed E-state index contributed by atoms with van der Waals surface area (Å²) >= 11 is 1.49. The molecule has 0 radical (unpaired) electrons. The Bertz CT molecular complexity index is 691. The predicted molar refractivity (Wildman–Crippen MR) is 101 cm³/mol. The first-order chi connectivity index (χ1) is 12.1. The minimum Gasteiger partial charge on any atom is -0.508 e. The van der Waals surface area contributed by atoms with Gasteiger partial charge >= 0.3 is 0 Å². The van der Waals surface area contributed by atoms with E-state index < -0.39 is 0 Å². The summed E-state index contributed by atoms with van der Waals surface area (Å²) in [7, 11) is 0. The van der Waals surface area contributed by atoms with E-state index in [0.717, 1.165) is 37.7 Å². The van der Waals surface area contributed by atoms with Crippen LogP contribution >= 0.6 is 11.3 Å². The minimum atomic E-state index is -0.0738. The van der Waals surface area contributed by atoms with E-state index in [1.807, 2.05) is 17.5 Å². The van der Waals surface area contributed by atoms with Crippen LogP contribution in [0.1, 0.15) is 37.4 Å². The average Bonchev–Trinajstić information content (AvgIpc) is 3.02. The van der Waals surface area contributed by atoms with Crippen molar-refractivity contribution in [2.45, 2.75) is 39.2 Å². The quantitative estimate of drug-likeness (QED) is 0.826. The van der Waals surface area contributed by atoms with Gasteiger partial charge in [-0.05, 0) is 62.4 Å². The summed E-state index contributed by atoms with van der Waals surface area (Å²) in [5.74, 6) is 1.03. The van der Waals surface area contributed by atoms with Crippen LogP contribution in [0.3, 0.4) is 0 Å². The van der Waals surface area contributed by atoms with Gasteiger partial charge in [-0.1, -0.05) is 12.1 Å². The van der Waals surface area contributed by atoms with E-state index in [2.05, 4.69) is 15.2 Å². The van der Waals surface area contributed by atoms with E-state index in [1.54, 1.807) is 12.1 Å². The van der Waals surface area contributed by atoms with E-state index in [1.165, 1.54) is 43.1 Å². The number of aromatic nitrogens is 1. The number of rotatable bonds is 6. The molecule has 0 aliphatic carbocycles. The van der Waals surface area contributed by atoms with Gasteiger partial charge in [0, 0.05) is 18.8 Å². The second-order valence-electron chi connectivity index (χ2n) is 6.75. The van der Waals surface area contributed by atoms with E-state index >= 15 is 0 Å². The van der Waals surface area contributed by atoms with Gasteiger partial charge in [0.1, 0.15) is 5.75 Å². The molecule has 3 rings (SSSR count). The molecule has 1 fully saturated rings. The number of phenolic OH excluding ortho intramolecular Hbond substituents is 1. The molecule has 25 heavy (non-hydrogen) atoms. The van der Waals surface area contributed by atoms with Crippen molar-refractivity contribution < 1.29 is 9.90 Å². The van der Waals surface area contributed by atoms with Crippen LogP contribution in [0.15, 0.2) is 29.6 Å². The highest BCUT2D eigenvalue weighted by molar-refractivity contribution is 7.13. The summed E-state index contributed by atoms with van der Waals surface area (Å²) in [6, 6.07) is 7.56. The second kappa shape index (κ2) is 8.45. The zero-order valence-corrected chi connectivity index (χ0v) is 15.4. The summed E-state index contributed by atoms with van der Waals surface area (Å²) in [4.78, 5) is 18.0. The molecule has 2 heterocycles. The molecule has 1 aliphatic rings. The van der Waals surface area contributed by atoms with Crippen molar-refractivity contribution in [2.24, 2.45) is 5.92 Å².